The lowest BCUT2D eigenvalue weighted by molar-refractivity contribution is -0.138. The van der Waals surface area contributed by atoms with Crippen molar-refractivity contribution in [2.24, 2.45) is 5.92 Å². The lowest BCUT2D eigenvalue weighted by Crippen LogP contribution is -2.51. The predicted molar refractivity (Wildman–Crippen MR) is 135 cm³/mol. The summed E-state index contributed by atoms with van der Waals surface area (Å²) >= 11 is 1.41. The average Bonchev–Trinajstić information content (AvgIpc) is 2.81. The minimum atomic E-state index is -1.18. The number of nitrogens with one attached hydrogen (secondary N) is 1. The van der Waals surface area contributed by atoms with E-state index in [9.17, 15) is 28.3 Å². The highest BCUT2D eigenvalue weighted by atomic mass is 32.2. The molecule has 0 unspecified atom stereocenters. The van der Waals surface area contributed by atoms with Gasteiger partial charge < -0.3 is 10.4 Å². The first-order valence-electron chi connectivity index (χ1n) is 11.3. The number of fused-ring (bicyclic) bond motifs is 1. The molecule has 0 saturated heterocycles. The smallest absolute Gasteiger partial charge is 0.327 e. The monoisotopic (exact) mass is 512 g/mol. The van der Waals surface area contributed by atoms with Crippen LogP contribution in [0.1, 0.15) is 40.9 Å². The number of hydrogen-bond donors (Lipinski definition) is 2. The number of imide groups is 1. The second kappa shape index (κ2) is 12.4. The van der Waals surface area contributed by atoms with Crippen LogP contribution in [0.4, 0.5) is 13.6 Å². The Morgan fingerprint density at radius 3 is 2.58 bits per heavy atom. The standard InChI is InChI=1S/C27H26F2N2O4S/c1-17(2)15-36-16-24(26(33)34)30-27(35)31-12-4-3-5-19-8-6-18(13-22(19)25(31)32)7-9-20-10-11-21(28)14-23(20)29/h3-4,6,8,10-11,13-14,17,24H,5,12,15-16H2,1-2H3,(H,30,35)(H,33,34)/b4-3-/t24-/m0/s1. The van der Waals surface area contributed by atoms with E-state index in [1.165, 1.54) is 23.9 Å². The van der Waals surface area contributed by atoms with Crippen molar-refractivity contribution in [3.63, 3.8) is 0 Å². The molecule has 0 aliphatic carbocycles. The topological polar surface area (TPSA) is 86.7 Å². The number of carbonyl (C=O) groups is 3. The highest BCUT2D eigenvalue weighted by molar-refractivity contribution is 7.99. The average molecular weight is 513 g/mol. The first-order chi connectivity index (χ1) is 17.2. The quantitative estimate of drug-likeness (QED) is 0.441. The second-order valence-electron chi connectivity index (χ2n) is 8.61. The van der Waals surface area contributed by atoms with Crippen molar-refractivity contribution in [1.82, 2.24) is 10.2 Å². The molecule has 0 saturated carbocycles. The van der Waals surface area contributed by atoms with Crippen molar-refractivity contribution >= 4 is 29.7 Å². The Balaban J connectivity index is 1.83. The highest BCUT2D eigenvalue weighted by Crippen LogP contribution is 2.19. The fourth-order valence-electron chi connectivity index (χ4n) is 3.38. The van der Waals surface area contributed by atoms with Gasteiger partial charge in [0.2, 0.25) is 0 Å². The Bertz CT molecular complexity index is 1250. The fourth-order valence-corrected chi connectivity index (χ4v) is 4.45. The van der Waals surface area contributed by atoms with Crippen LogP contribution in [-0.2, 0) is 11.2 Å². The van der Waals surface area contributed by atoms with Gasteiger partial charge in [0.05, 0.1) is 5.56 Å². The highest BCUT2D eigenvalue weighted by Gasteiger charge is 2.29. The summed E-state index contributed by atoms with van der Waals surface area (Å²) in [5.74, 6) is 3.40. The van der Waals surface area contributed by atoms with Crippen molar-refractivity contribution in [2.45, 2.75) is 26.3 Å². The van der Waals surface area contributed by atoms with Gasteiger partial charge in [-0.3, -0.25) is 9.69 Å². The maximum atomic E-state index is 13.9. The molecule has 3 rings (SSSR count). The molecule has 0 radical (unpaired) electrons. The van der Waals surface area contributed by atoms with Gasteiger partial charge in [0, 0.05) is 29.5 Å². The number of allylic oxidation sites excluding steroid dienone is 1. The molecule has 0 aromatic heterocycles. The van der Waals surface area contributed by atoms with Gasteiger partial charge in [0.25, 0.3) is 5.91 Å². The Hall–Kier alpha value is -3.64. The number of urea groups is 1. The molecule has 3 amide bonds. The fraction of sp³-hybridized carbons (Fsp3) is 0.296. The first-order valence-corrected chi connectivity index (χ1v) is 12.5. The third-order valence-electron chi connectivity index (χ3n) is 5.23. The molecule has 2 aromatic carbocycles. The minimum absolute atomic E-state index is 0.00783. The van der Waals surface area contributed by atoms with E-state index in [1.54, 1.807) is 18.2 Å². The number of benzene rings is 2. The summed E-state index contributed by atoms with van der Waals surface area (Å²) in [6.45, 7) is 4.00. The van der Waals surface area contributed by atoms with Crippen LogP contribution in [0.25, 0.3) is 0 Å². The Morgan fingerprint density at radius 1 is 1.11 bits per heavy atom. The molecule has 0 spiro atoms. The van der Waals surface area contributed by atoms with Crippen molar-refractivity contribution in [3.05, 3.63) is 82.4 Å². The predicted octanol–water partition coefficient (Wildman–Crippen LogP) is 4.47. The summed E-state index contributed by atoms with van der Waals surface area (Å²) in [6, 6.07) is 6.00. The van der Waals surface area contributed by atoms with E-state index in [4.69, 9.17) is 0 Å². The number of halogens is 2. The zero-order chi connectivity index (χ0) is 26.2. The number of carbonyl (C=O) groups excluding carboxylic acids is 2. The third kappa shape index (κ3) is 7.18. The molecule has 2 aromatic rings. The van der Waals surface area contributed by atoms with E-state index in [0.717, 1.165) is 22.8 Å². The van der Waals surface area contributed by atoms with Crippen molar-refractivity contribution in [1.29, 1.82) is 0 Å². The molecular formula is C27H26F2N2O4S. The minimum Gasteiger partial charge on any atom is -0.480 e. The maximum absolute atomic E-state index is 13.9. The van der Waals surface area contributed by atoms with E-state index in [-0.39, 0.29) is 23.4 Å². The van der Waals surface area contributed by atoms with Gasteiger partial charge in [-0.25, -0.2) is 18.4 Å². The second-order valence-corrected chi connectivity index (χ2v) is 9.68. The Labute approximate surface area is 212 Å². The number of hydrogen-bond acceptors (Lipinski definition) is 4. The van der Waals surface area contributed by atoms with Crippen LogP contribution < -0.4 is 5.32 Å². The van der Waals surface area contributed by atoms with Gasteiger partial charge in [-0.05, 0) is 47.9 Å². The number of aliphatic carboxylic acids is 1. The first kappa shape index (κ1) is 27.0. The number of carboxylic acid groups (broad SMARTS) is 1. The molecule has 36 heavy (non-hydrogen) atoms. The molecular weight excluding hydrogens is 486 g/mol. The van der Waals surface area contributed by atoms with Crippen LogP contribution in [-0.4, -0.2) is 52.0 Å². The summed E-state index contributed by atoms with van der Waals surface area (Å²) in [5, 5.41) is 12.0. The zero-order valence-corrected chi connectivity index (χ0v) is 20.7. The van der Waals surface area contributed by atoms with Crippen LogP contribution in [0.5, 0.6) is 0 Å². The van der Waals surface area contributed by atoms with Crippen LogP contribution in [0, 0.1) is 29.4 Å². The van der Waals surface area contributed by atoms with Crippen LogP contribution >= 0.6 is 11.8 Å². The van der Waals surface area contributed by atoms with Gasteiger partial charge >= 0.3 is 12.0 Å². The van der Waals surface area contributed by atoms with E-state index in [1.807, 2.05) is 19.9 Å². The lowest BCUT2D eigenvalue weighted by Gasteiger charge is -2.25. The summed E-state index contributed by atoms with van der Waals surface area (Å²) < 4.78 is 27.0. The number of nitrogens with zero attached hydrogens (tertiary/aromatic N) is 1. The number of thioether (sulfide) groups is 1. The van der Waals surface area contributed by atoms with Crippen LogP contribution in [0.15, 0.2) is 48.6 Å². The lowest BCUT2D eigenvalue weighted by atomic mass is 9.98. The Kier molecular flexibility index (Phi) is 9.25. The van der Waals surface area contributed by atoms with E-state index in [0.29, 0.717) is 23.5 Å². The van der Waals surface area contributed by atoms with E-state index in [2.05, 4.69) is 17.2 Å². The number of carboxylic acids is 1. The summed E-state index contributed by atoms with van der Waals surface area (Å²) in [4.78, 5) is 38.9. The molecule has 0 bridgehead atoms. The number of rotatable bonds is 6. The maximum Gasteiger partial charge on any atom is 0.327 e. The molecule has 1 aliphatic rings. The van der Waals surface area contributed by atoms with Crippen LogP contribution in [0.3, 0.4) is 0 Å². The Morgan fingerprint density at radius 2 is 1.89 bits per heavy atom. The van der Waals surface area contributed by atoms with Gasteiger partial charge in [-0.2, -0.15) is 11.8 Å². The molecule has 1 heterocycles. The molecule has 2 N–H and O–H groups in total. The van der Waals surface area contributed by atoms with Crippen LogP contribution in [0.2, 0.25) is 0 Å². The molecule has 1 aliphatic heterocycles. The molecule has 9 heteroatoms. The van der Waals surface area contributed by atoms with Gasteiger partial charge in [-0.15, -0.1) is 0 Å². The molecule has 6 nitrogen and oxygen atoms in total. The van der Waals surface area contributed by atoms with E-state index < -0.39 is 35.6 Å². The molecule has 188 valence electrons. The summed E-state index contributed by atoms with van der Waals surface area (Å²) in [6.07, 6.45) is 3.95. The number of amides is 3. The summed E-state index contributed by atoms with van der Waals surface area (Å²) in [7, 11) is 0. The summed E-state index contributed by atoms with van der Waals surface area (Å²) in [5.41, 5.74) is 1.31. The largest absolute Gasteiger partial charge is 0.480 e. The zero-order valence-electron chi connectivity index (χ0n) is 19.9. The van der Waals surface area contributed by atoms with Crippen molar-refractivity contribution in [3.8, 4) is 11.8 Å². The third-order valence-corrected chi connectivity index (χ3v) is 6.70. The van der Waals surface area contributed by atoms with Gasteiger partial charge in [0.1, 0.15) is 17.7 Å². The molecule has 1 atom stereocenters. The molecule has 0 fully saturated rings. The van der Waals surface area contributed by atoms with Gasteiger partial charge in [-0.1, -0.05) is 43.9 Å². The van der Waals surface area contributed by atoms with Crippen molar-refractivity contribution in [2.75, 3.05) is 18.1 Å². The normalized spacial score (nSPS) is 14.7. The van der Waals surface area contributed by atoms with E-state index >= 15 is 0 Å². The van der Waals surface area contributed by atoms with Gasteiger partial charge in [0.15, 0.2) is 0 Å². The van der Waals surface area contributed by atoms with Crippen molar-refractivity contribution < 1.29 is 28.3 Å². The SMILES string of the molecule is CC(C)CSC[C@H](NC(=O)N1C/C=C\Cc2ccc(C#Cc3ccc(F)cc3F)cc2C1=O)C(=O)O.